The molecule has 0 aromatic rings. The normalized spacial score (nSPS) is 22.0. The van der Waals surface area contributed by atoms with Gasteiger partial charge in [-0.3, -0.25) is 9.59 Å². The molecule has 2 unspecified atom stereocenters. The van der Waals surface area contributed by atoms with Crippen LogP contribution in [0.2, 0.25) is 0 Å². The average molecular weight is 268 g/mol. The van der Waals surface area contributed by atoms with E-state index in [1.807, 2.05) is 33.8 Å². The number of hydrogen-bond acceptors (Lipinski definition) is 4. The lowest BCUT2D eigenvalue weighted by atomic mass is 9.96. The first-order valence-electron chi connectivity index (χ1n) is 6.91. The fourth-order valence-electron chi connectivity index (χ4n) is 1.84. The molecule has 0 saturated heterocycles. The Labute approximate surface area is 115 Å². The van der Waals surface area contributed by atoms with Crippen LogP contribution in [0.3, 0.4) is 0 Å². The number of rotatable bonds is 6. The lowest BCUT2D eigenvalue weighted by Crippen LogP contribution is -2.30. The third-order valence-electron chi connectivity index (χ3n) is 2.86. The van der Waals surface area contributed by atoms with Crippen molar-refractivity contribution >= 4 is 11.9 Å². The van der Waals surface area contributed by atoms with Crippen LogP contribution in [0.1, 0.15) is 34.1 Å². The van der Waals surface area contributed by atoms with Gasteiger partial charge in [0.1, 0.15) is 0 Å². The maximum atomic E-state index is 11.9. The molecule has 1 aliphatic carbocycles. The summed E-state index contributed by atoms with van der Waals surface area (Å²) < 4.78 is 10.4. The van der Waals surface area contributed by atoms with Crippen LogP contribution in [0, 0.1) is 23.7 Å². The van der Waals surface area contributed by atoms with Gasteiger partial charge in [-0.05, 0) is 18.3 Å². The zero-order valence-electron chi connectivity index (χ0n) is 12.2. The molecule has 1 rings (SSSR count). The van der Waals surface area contributed by atoms with Gasteiger partial charge in [-0.2, -0.15) is 0 Å². The number of ether oxygens (including phenoxy) is 2. The fourth-order valence-corrected chi connectivity index (χ4v) is 1.84. The smallest absolute Gasteiger partial charge is 0.313 e. The van der Waals surface area contributed by atoms with Gasteiger partial charge in [-0.15, -0.1) is 0 Å². The summed E-state index contributed by atoms with van der Waals surface area (Å²) in [6.45, 7) is 8.70. The molecule has 0 saturated carbocycles. The minimum absolute atomic E-state index is 0.292. The van der Waals surface area contributed by atoms with Crippen LogP contribution in [0.25, 0.3) is 0 Å². The van der Waals surface area contributed by atoms with Gasteiger partial charge in [-0.1, -0.05) is 39.8 Å². The molecule has 4 nitrogen and oxygen atoms in total. The highest BCUT2D eigenvalue weighted by Gasteiger charge is 2.36. The van der Waals surface area contributed by atoms with Crippen molar-refractivity contribution in [3.05, 3.63) is 12.2 Å². The molecule has 0 heterocycles. The van der Waals surface area contributed by atoms with Crippen molar-refractivity contribution < 1.29 is 19.1 Å². The van der Waals surface area contributed by atoms with E-state index in [-0.39, 0.29) is 11.9 Å². The summed E-state index contributed by atoms with van der Waals surface area (Å²) in [5.41, 5.74) is 0. The van der Waals surface area contributed by atoms with Crippen LogP contribution >= 0.6 is 0 Å². The summed E-state index contributed by atoms with van der Waals surface area (Å²) in [6.07, 6.45) is 4.16. The van der Waals surface area contributed by atoms with Crippen molar-refractivity contribution in [3.8, 4) is 0 Å². The predicted molar refractivity (Wildman–Crippen MR) is 72.3 cm³/mol. The van der Waals surface area contributed by atoms with Gasteiger partial charge < -0.3 is 9.47 Å². The monoisotopic (exact) mass is 268 g/mol. The quantitative estimate of drug-likeness (QED) is 0.549. The average Bonchev–Trinajstić information content (AvgIpc) is 2.82. The van der Waals surface area contributed by atoms with Gasteiger partial charge in [0.05, 0.1) is 25.0 Å². The van der Waals surface area contributed by atoms with Crippen LogP contribution in [0.4, 0.5) is 0 Å². The molecular formula is C15H24O4. The molecular weight excluding hydrogens is 244 g/mol. The van der Waals surface area contributed by atoms with Crippen molar-refractivity contribution in [3.63, 3.8) is 0 Å². The van der Waals surface area contributed by atoms with E-state index in [2.05, 4.69) is 0 Å². The number of allylic oxidation sites excluding steroid dienone is 1. The SMILES string of the molecule is CC(C)COC(=O)C1C=CCC1C(=O)OCC(C)C. The molecule has 0 amide bonds. The summed E-state index contributed by atoms with van der Waals surface area (Å²) in [4.78, 5) is 23.9. The highest BCUT2D eigenvalue weighted by atomic mass is 16.5. The fraction of sp³-hybridized carbons (Fsp3) is 0.733. The molecule has 0 aliphatic heterocycles. The summed E-state index contributed by atoms with van der Waals surface area (Å²) in [7, 11) is 0. The summed E-state index contributed by atoms with van der Waals surface area (Å²) in [6, 6.07) is 0. The Kier molecular flexibility index (Phi) is 6.06. The molecule has 0 aromatic heterocycles. The number of esters is 2. The van der Waals surface area contributed by atoms with Crippen LogP contribution in [-0.2, 0) is 19.1 Å². The van der Waals surface area contributed by atoms with E-state index in [1.165, 1.54) is 0 Å². The Morgan fingerprint density at radius 3 is 2.11 bits per heavy atom. The standard InChI is InChI=1S/C15H24O4/c1-10(2)8-18-14(16)12-6-5-7-13(12)15(17)19-9-11(3)4/h5-6,10-13H,7-9H2,1-4H3. The van der Waals surface area contributed by atoms with Gasteiger partial charge >= 0.3 is 11.9 Å². The van der Waals surface area contributed by atoms with E-state index >= 15 is 0 Å². The van der Waals surface area contributed by atoms with Gasteiger partial charge in [0.2, 0.25) is 0 Å². The topological polar surface area (TPSA) is 52.6 Å². The van der Waals surface area contributed by atoms with Crippen molar-refractivity contribution in [1.29, 1.82) is 0 Å². The molecule has 108 valence electrons. The van der Waals surface area contributed by atoms with Crippen LogP contribution in [0.15, 0.2) is 12.2 Å². The van der Waals surface area contributed by atoms with Gasteiger partial charge in [-0.25, -0.2) is 0 Å². The number of hydrogen-bond donors (Lipinski definition) is 0. The van der Waals surface area contributed by atoms with E-state index in [0.29, 0.717) is 31.5 Å². The van der Waals surface area contributed by atoms with Crippen LogP contribution < -0.4 is 0 Å². The largest absolute Gasteiger partial charge is 0.465 e. The van der Waals surface area contributed by atoms with E-state index in [1.54, 1.807) is 6.08 Å². The van der Waals surface area contributed by atoms with Crippen molar-refractivity contribution in [2.75, 3.05) is 13.2 Å². The van der Waals surface area contributed by atoms with Gasteiger partial charge in [0.15, 0.2) is 0 Å². The lowest BCUT2D eigenvalue weighted by molar-refractivity contribution is -0.159. The summed E-state index contributed by atoms with van der Waals surface area (Å²) in [5, 5.41) is 0. The molecule has 0 N–H and O–H groups in total. The summed E-state index contributed by atoms with van der Waals surface area (Å²) in [5.74, 6) is -0.943. The van der Waals surface area contributed by atoms with Crippen molar-refractivity contribution in [1.82, 2.24) is 0 Å². The maximum absolute atomic E-state index is 11.9. The first kappa shape index (κ1) is 15.7. The van der Waals surface area contributed by atoms with Crippen LogP contribution in [-0.4, -0.2) is 25.2 Å². The first-order chi connectivity index (χ1) is 8.91. The number of carbonyl (C=O) groups is 2. The minimum atomic E-state index is -0.488. The molecule has 2 atom stereocenters. The van der Waals surface area contributed by atoms with E-state index < -0.39 is 11.8 Å². The molecule has 0 bridgehead atoms. The van der Waals surface area contributed by atoms with E-state index in [0.717, 1.165) is 0 Å². The maximum Gasteiger partial charge on any atom is 0.313 e. The zero-order chi connectivity index (χ0) is 14.4. The summed E-state index contributed by atoms with van der Waals surface area (Å²) >= 11 is 0. The second-order valence-corrected chi connectivity index (χ2v) is 5.84. The van der Waals surface area contributed by atoms with Gasteiger partial charge in [0, 0.05) is 0 Å². The van der Waals surface area contributed by atoms with Crippen LogP contribution in [0.5, 0.6) is 0 Å². The Morgan fingerprint density at radius 2 is 1.58 bits per heavy atom. The lowest BCUT2D eigenvalue weighted by Gasteiger charge is -2.18. The molecule has 4 heteroatoms. The van der Waals surface area contributed by atoms with Crippen molar-refractivity contribution in [2.45, 2.75) is 34.1 Å². The van der Waals surface area contributed by atoms with E-state index in [9.17, 15) is 9.59 Å². The molecule has 1 aliphatic rings. The molecule has 0 radical (unpaired) electrons. The predicted octanol–water partition coefficient (Wildman–Crippen LogP) is 2.58. The second kappa shape index (κ2) is 7.31. The zero-order valence-corrected chi connectivity index (χ0v) is 12.2. The van der Waals surface area contributed by atoms with Gasteiger partial charge in [0.25, 0.3) is 0 Å². The Bertz CT molecular complexity index is 344. The molecule has 0 fully saturated rings. The number of carbonyl (C=O) groups excluding carboxylic acids is 2. The Balaban J connectivity index is 2.50. The Hall–Kier alpha value is -1.32. The highest BCUT2D eigenvalue weighted by molar-refractivity contribution is 5.84. The second-order valence-electron chi connectivity index (χ2n) is 5.84. The minimum Gasteiger partial charge on any atom is -0.465 e. The third kappa shape index (κ3) is 5.05. The molecule has 0 spiro atoms. The van der Waals surface area contributed by atoms with E-state index in [4.69, 9.17) is 9.47 Å². The molecule has 19 heavy (non-hydrogen) atoms. The molecule has 0 aromatic carbocycles. The Morgan fingerprint density at radius 1 is 1.05 bits per heavy atom. The first-order valence-corrected chi connectivity index (χ1v) is 6.91. The third-order valence-corrected chi connectivity index (χ3v) is 2.86. The highest BCUT2D eigenvalue weighted by Crippen LogP contribution is 2.28. The van der Waals surface area contributed by atoms with Crippen molar-refractivity contribution in [2.24, 2.45) is 23.7 Å².